The maximum atomic E-state index is 11.8. The molecule has 7 heteroatoms. The smallest absolute Gasteiger partial charge is 0.277 e. The van der Waals surface area contributed by atoms with E-state index in [9.17, 15) is 4.79 Å². The number of hydrazone groups is 1. The average Bonchev–Trinajstić information content (AvgIpc) is 3.12. The molecule has 2 aromatic rings. The SMILES string of the molecule is COc1ccc(OCC(=O)N/N=C(/C)c2ccc3c(c2)OCO3)cc1. The molecule has 0 saturated heterocycles. The molecule has 3 rings (SSSR count). The molecule has 0 bridgehead atoms. The normalized spacial score (nSPS) is 12.6. The van der Waals surface area contributed by atoms with Crippen LogP contribution in [-0.2, 0) is 4.79 Å². The molecule has 130 valence electrons. The molecule has 0 saturated carbocycles. The summed E-state index contributed by atoms with van der Waals surface area (Å²) in [5, 5.41) is 4.08. The van der Waals surface area contributed by atoms with Crippen LogP contribution < -0.4 is 24.4 Å². The minimum atomic E-state index is -0.351. The molecule has 0 unspecified atom stereocenters. The van der Waals surface area contributed by atoms with Gasteiger partial charge in [-0.15, -0.1) is 0 Å². The largest absolute Gasteiger partial charge is 0.497 e. The van der Waals surface area contributed by atoms with Gasteiger partial charge in [0.05, 0.1) is 12.8 Å². The first-order valence-electron chi connectivity index (χ1n) is 7.66. The number of fused-ring (bicyclic) bond motifs is 1. The van der Waals surface area contributed by atoms with Crippen molar-refractivity contribution in [1.82, 2.24) is 5.43 Å². The quantitative estimate of drug-likeness (QED) is 0.644. The number of methoxy groups -OCH3 is 1. The maximum absolute atomic E-state index is 11.8. The van der Waals surface area contributed by atoms with Crippen molar-refractivity contribution in [2.24, 2.45) is 5.10 Å². The molecule has 0 fully saturated rings. The third-order valence-electron chi connectivity index (χ3n) is 3.57. The number of nitrogens with one attached hydrogen (secondary N) is 1. The Bertz CT molecular complexity index is 787. The van der Waals surface area contributed by atoms with Gasteiger partial charge in [0.2, 0.25) is 6.79 Å². The van der Waals surface area contributed by atoms with E-state index in [1.807, 2.05) is 18.2 Å². The van der Waals surface area contributed by atoms with E-state index in [0.29, 0.717) is 23.0 Å². The van der Waals surface area contributed by atoms with Crippen LogP contribution in [0.15, 0.2) is 47.6 Å². The van der Waals surface area contributed by atoms with E-state index in [-0.39, 0.29) is 19.3 Å². The van der Waals surface area contributed by atoms with Crippen LogP contribution in [-0.4, -0.2) is 32.1 Å². The summed E-state index contributed by atoms with van der Waals surface area (Å²) in [6, 6.07) is 12.5. The molecule has 1 N–H and O–H groups in total. The number of carbonyl (C=O) groups excluding carboxylic acids is 1. The number of carbonyl (C=O) groups is 1. The molecule has 25 heavy (non-hydrogen) atoms. The summed E-state index contributed by atoms with van der Waals surface area (Å²) in [4.78, 5) is 11.8. The van der Waals surface area contributed by atoms with Crippen molar-refractivity contribution >= 4 is 11.6 Å². The van der Waals surface area contributed by atoms with Gasteiger partial charge in [-0.3, -0.25) is 4.79 Å². The Hall–Kier alpha value is -3.22. The highest BCUT2D eigenvalue weighted by Gasteiger charge is 2.14. The summed E-state index contributed by atoms with van der Waals surface area (Å²) >= 11 is 0. The molecule has 0 aromatic heterocycles. The minimum absolute atomic E-state index is 0.135. The molecule has 0 aliphatic carbocycles. The van der Waals surface area contributed by atoms with Crippen molar-refractivity contribution in [2.75, 3.05) is 20.5 Å². The van der Waals surface area contributed by atoms with Crippen molar-refractivity contribution < 1.29 is 23.7 Å². The lowest BCUT2D eigenvalue weighted by Gasteiger charge is -2.07. The lowest BCUT2D eigenvalue weighted by Crippen LogP contribution is -2.25. The fourth-order valence-corrected chi connectivity index (χ4v) is 2.19. The van der Waals surface area contributed by atoms with Gasteiger partial charge in [-0.1, -0.05) is 0 Å². The van der Waals surface area contributed by atoms with E-state index >= 15 is 0 Å². The zero-order chi connectivity index (χ0) is 17.6. The molecule has 7 nitrogen and oxygen atoms in total. The van der Waals surface area contributed by atoms with Gasteiger partial charge in [0.15, 0.2) is 18.1 Å². The number of nitrogens with zero attached hydrogens (tertiary/aromatic N) is 1. The fraction of sp³-hybridized carbons (Fsp3) is 0.222. The predicted molar refractivity (Wildman–Crippen MR) is 91.4 cm³/mol. The molecule has 0 radical (unpaired) electrons. The maximum Gasteiger partial charge on any atom is 0.277 e. The van der Waals surface area contributed by atoms with Crippen molar-refractivity contribution in [3.63, 3.8) is 0 Å². The van der Waals surface area contributed by atoms with Gasteiger partial charge in [0, 0.05) is 5.56 Å². The highest BCUT2D eigenvalue weighted by atomic mass is 16.7. The summed E-state index contributed by atoms with van der Waals surface area (Å²) in [5.41, 5.74) is 3.95. The van der Waals surface area contributed by atoms with Crippen LogP contribution in [0.2, 0.25) is 0 Å². The van der Waals surface area contributed by atoms with Crippen LogP contribution in [0.3, 0.4) is 0 Å². The zero-order valence-electron chi connectivity index (χ0n) is 13.9. The Labute approximate surface area is 145 Å². The predicted octanol–water partition coefficient (Wildman–Crippen LogP) is 2.34. The molecule has 1 heterocycles. The van der Waals surface area contributed by atoms with Gasteiger partial charge in [0.25, 0.3) is 5.91 Å². The number of benzene rings is 2. The Morgan fingerprint density at radius 1 is 1.12 bits per heavy atom. The number of hydrogen-bond donors (Lipinski definition) is 1. The van der Waals surface area contributed by atoms with Crippen molar-refractivity contribution in [3.8, 4) is 23.0 Å². The summed E-state index contributed by atoms with van der Waals surface area (Å²) in [7, 11) is 1.59. The van der Waals surface area contributed by atoms with E-state index in [1.165, 1.54) is 0 Å². The van der Waals surface area contributed by atoms with E-state index in [0.717, 1.165) is 11.3 Å². The van der Waals surface area contributed by atoms with E-state index in [2.05, 4.69) is 10.5 Å². The Balaban J connectivity index is 1.52. The number of ether oxygens (including phenoxy) is 4. The lowest BCUT2D eigenvalue weighted by molar-refractivity contribution is -0.123. The van der Waals surface area contributed by atoms with Gasteiger partial charge < -0.3 is 18.9 Å². The lowest BCUT2D eigenvalue weighted by atomic mass is 10.1. The second-order valence-corrected chi connectivity index (χ2v) is 5.26. The monoisotopic (exact) mass is 342 g/mol. The standard InChI is InChI=1S/C18H18N2O5/c1-12(13-3-8-16-17(9-13)25-11-24-16)19-20-18(21)10-23-15-6-4-14(22-2)5-7-15/h3-9H,10-11H2,1-2H3,(H,20,21)/b19-12-. The number of amides is 1. The Kier molecular flexibility index (Phi) is 5.03. The Morgan fingerprint density at radius 2 is 1.84 bits per heavy atom. The van der Waals surface area contributed by atoms with Crippen molar-refractivity contribution in [3.05, 3.63) is 48.0 Å². The molecule has 1 aliphatic heterocycles. The summed E-state index contributed by atoms with van der Waals surface area (Å²) in [6.07, 6.45) is 0. The van der Waals surface area contributed by atoms with Crippen LogP contribution in [0.5, 0.6) is 23.0 Å². The minimum Gasteiger partial charge on any atom is -0.497 e. The van der Waals surface area contributed by atoms with E-state index in [1.54, 1.807) is 38.3 Å². The first-order valence-corrected chi connectivity index (χ1v) is 7.66. The van der Waals surface area contributed by atoms with Gasteiger partial charge in [-0.05, 0) is 49.4 Å². The van der Waals surface area contributed by atoms with Crippen molar-refractivity contribution in [1.29, 1.82) is 0 Å². The van der Waals surface area contributed by atoms with Crippen molar-refractivity contribution in [2.45, 2.75) is 6.92 Å². The van der Waals surface area contributed by atoms with Gasteiger partial charge in [-0.2, -0.15) is 5.10 Å². The van der Waals surface area contributed by atoms with Crippen LogP contribution in [0.1, 0.15) is 12.5 Å². The average molecular weight is 342 g/mol. The fourth-order valence-electron chi connectivity index (χ4n) is 2.19. The van der Waals surface area contributed by atoms with E-state index in [4.69, 9.17) is 18.9 Å². The summed E-state index contributed by atoms with van der Waals surface area (Å²) < 4.78 is 21.0. The van der Waals surface area contributed by atoms with Gasteiger partial charge in [-0.25, -0.2) is 5.43 Å². The number of rotatable bonds is 6. The number of hydrogen-bond acceptors (Lipinski definition) is 6. The molecular weight excluding hydrogens is 324 g/mol. The van der Waals surface area contributed by atoms with Gasteiger partial charge >= 0.3 is 0 Å². The van der Waals surface area contributed by atoms with Crippen LogP contribution >= 0.6 is 0 Å². The second kappa shape index (κ2) is 7.57. The molecule has 2 aromatic carbocycles. The van der Waals surface area contributed by atoms with Gasteiger partial charge in [0.1, 0.15) is 11.5 Å². The molecule has 0 atom stereocenters. The molecule has 0 spiro atoms. The first kappa shape index (κ1) is 16.6. The summed E-state index contributed by atoms with van der Waals surface area (Å²) in [5.74, 6) is 2.32. The van der Waals surface area contributed by atoms with E-state index < -0.39 is 0 Å². The molecule has 1 amide bonds. The van der Waals surface area contributed by atoms with Crippen LogP contribution in [0, 0.1) is 0 Å². The Morgan fingerprint density at radius 3 is 2.60 bits per heavy atom. The summed E-state index contributed by atoms with van der Waals surface area (Å²) in [6.45, 7) is 1.88. The highest BCUT2D eigenvalue weighted by Crippen LogP contribution is 2.32. The second-order valence-electron chi connectivity index (χ2n) is 5.26. The van der Waals surface area contributed by atoms with Crippen LogP contribution in [0.4, 0.5) is 0 Å². The third-order valence-corrected chi connectivity index (χ3v) is 3.57. The first-order chi connectivity index (χ1) is 12.2. The van der Waals surface area contributed by atoms with Crippen LogP contribution in [0.25, 0.3) is 0 Å². The zero-order valence-corrected chi connectivity index (χ0v) is 13.9. The molecule has 1 aliphatic rings. The molecular formula is C18H18N2O5. The topological polar surface area (TPSA) is 78.4 Å². The highest BCUT2D eigenvalue weighted by molar-refractivity contribution is 5.99. The third kappa shape index (κ3) is 4.20.